The number of aliphatic hydroxyl groups is 1. The van der Waals surface area contributed by atoms with Gasteiger partial charge in [-0.25, -0.2) is 0 Å². The summed E-state index contributed by atoms with van der Waals surface area (Å²) in [6, 6.07) is 19.4. The fraction of sp³-hybridized carbons (Fsp3) is 0.276. The summed E-state index contributed by atoms with van der Waals surface area (Å²) in [5, 5.41) is 11.5. The van der Waals surface area contributed by atoms with Gasteiger partial charge in [-0.1, -0.05) is 57.2 Å². The number of benzene rings is 2. The molecule has 4 rings (SSSR count). The van der Waals surface area contributed by atoms with Crippen LogP contribution in [0.15, 0.2) is 78.5 Å². The summed E-state index contributed by atoms with van der Waals surface area (Å²) in [5.41, 5.74) is 2.58. The Labute approximate surface area is 205 Å². The number of aromatic nitrogens is 1. The Morgan fingerprint density at radius 1 is 1.03 bits per heavy atom. The smallest absolute Gasteiger partial charge is 0.296 e. The summed E-state index contributed by atoms with van der Waals surface area (Å²) in [6.07, 6.45) is 1.65. The highest BCUT2D eigenvalue weighted by atomic mass is 16.5. The van der Waals surface area contributed by atoms with Gasteiger partial charge >= 0.3 is 0 Å². The van der Waals surface area contributed by atoms with Gasteiger partial charge in [-0.2, -0.15) is 0 Å². The average molecular weight is 471 g/mol. The van der Waals surface area contributed by atoms with E-state index in [1.54, 1.807) is 24.4 Å². The van der Waals surface area contributed by atoms with Crippen molar-refractivity contribution in [3.05, 3.63) is 101 Å². The second-order valence-electron chi connectivity index (χ2n) is 9.55. The Morgan fingerprint density at radius 2 is 1.74 bits per heavy atom. The molecule has 35 heavy (non-hydrogen) atoms. The van der Waals surface area contributed by atoms with Crippen LogP contribution in [0.25, 0.3) is 5.76 Å². The summed E-state index contributed by atoms with van der Waals surface area (Å²) in [5.74, 6) is -0.840. The molecule has 180 valence electrons. The number of ether oxygens (including phenoxy) is 1. The van der Waals surface area contributed by atoms with Crippen molar-refractivity contribution in [2.24, 2.45) is 0 Å². The number of pyridine rings is 1. The highest BCUT2D eigenvalue weighted by Gasteiger charge is 2.46. The van der Waals surface area contributed by atoms with E-state index in [2.05, 4.69) is 25.8 Å². The van der Waals surface area contributed by atoms with E-state index in [4.69, 9.17) is 4.74 Å². The van der Waals surface area contributed by atoms with Gasteiger partial charge in [-0.15, -0.1) is 0 Å². The molecule has 3 aromatic rings. The monoisotopic (exact) mass is 470 g/mol. The number of aliphatic hydroxyl groups excluding tert-OH is 1. The van der Waals surface area contributed by atoms with Crippen molar-refractivity contribution in [2.75, 3.05) is 6.61 Å². The SMILES string of the molecule is CCOc1ccc(/C(O)=C2/C(=O)C(=O)N(Cc3ccccn3)C2c2ccccc2)cc1C(C)(C)C. The number of rotatable bonds is 6. The van der Waals surface area contributed by atoms with Gasteiger partial charge in [0.2, 0.25) is 0 Å². The summed E-state index contributed by atoms with van der Waals surface area (Å²) >= 11 is 0. The molecule has 1 fully saturated rings. The van der Waals surface area contributed by atoms with E-state index in [9.17, 15) is 14.7 Å². The van der Waals surface area contributed by atoms with Gasteiger partial charge in [0, 0.05) is 17.3 Å². The van der Waals surface area contributed by atoms with Crippen LogP contribution in [0.5, 0.6) is 5.75 Å². The molecule has 6 nitrogen and oxygen atoms in total. The predicted molar refractivity (Wildman–Crippen MR) is 135 cm³/mol. The maximum absolute atomic E-state index is 13.3. The predicted octanol–water partition coefficient (Wildman–Crippen LogP) is 5.40. The topological polar surface area (TPSA) is 79.7 Å². The standard InChI is InChI=1S/C29H30N2O4/c1-5-35-23-15-14-20(17-22(23)29(2,3)4)26(32)24-25(19-11-7-6-8-12-19)31(28(34)27(24)33)18-21-13-9-10-16-30-21/h6-17,25,32H,5,18H2,1-4H3/b26-24-. The largest absolute Gasteiger partial charge is 0.507 e. The van der Waals surface area contributed by atoms with E-state index in [1.807, 2.05) is 55.5 Å². The zero-order valence-electron chi connectivity index (χ0n) is 20.5. The van der Waals surface area contributed by atoms with E-state index in [1.165, 1.54) is 4.90 Å². The Balaban J connectivity index is 1.87. The molecule has 1 saturated heterocycles. The van der Waals surface area contributed by atoms with E-state index in [0.29, 0.717) is 17.9 Å². The minimum atomic E-state index is -0.733. The molecule has 0 bridgehead atoms. The molecule has 0 aliphatic carbocycles. The molecule has 1 aliphatic heterocycles. The normalized spacial score (nSPS) is 17.6. The van der Waals surface area contributed by atoms with Crippen molar-refractivity contribution in [2.45, 2.75) is 45.7 Å². The fourth-order valence-electron chi connectivity index (χ4n) is 4.39. The van der Waals surface area contributed by atoms with Crippen LogP contribution < -0.4 is 4.74 Å². The van der Waals surface area contributed by atoms with E-state index in [-0.39, 0.29) is 23.3 Å². The second kappa shape index (κ2) is 9.74. The number of carbonyl (C=O) groups excluding carboxylic acids is 2. The molecule has 6 heteroatoms. The summed E-state index contributed by atoms with van der Waals surface area (Å²) in [6.45, 7) is 8.77. The molecule has 1 unspecified atom stereocenters. The molecular formula is C29H30N2O4. The molecule has 1 atom stereocenters. The lowest BCUT2D eigenvalue weighted by Crippen LogP contribution is -2.29. The molecule has 0 spiro atoms. The van der Waals surface area contributed by atoms with Crippen molar-refractivity contribution in [3.63, 3.8) is 0 Å². The van der Waals surface area contributed by atoms with Gasteiger partial charge in [0.15, 0.2) is 0 Å². The van der Waals surface area contributed by atoms with Gasteiger partial charge < -0.3 is 14.7 Å². The van der Waals surface area contributed by atoms with Gasteiger partial charge in [0.05, 0.1) is 30.5 Å². The van der Waals surface area contributed by atoms with Crippen LogP contribution in [0.4, 0.5) is 0 Å². The van der Waals surface area contributed by atoms with Crippen LogP contribution >= 0.6 is 0 Å². The Hall–Kier alpha value is -3.93. The first-order valence-corrected chi connectivity index (χ1v) is 11.7. The number of nitrogens with zero attached hydrogens (tertiary/aromatic N) is 2. The molecule has 1 aliphatic rings. The minimum absolute atomic E-state index is 0.0705. The second-order valence-corrected chi connectivity index (χ2v) is 9.55. The van der Waals surface area contributed by atoms with E-state index in [0.717, 1.165) is 16.9 Å². The van der Waals surface area contributed by atoms with Crippen molar-refractivity contribution >= 4 is 17.4 Å². The van der Waals surface area contributed by atoms with E-state index >= 15 is 0 Å². The number of hydrogen-bond donors (Lipinski definition) is 1. The Kier molecular flexibility index (Phi) is 6.74. The van der Waals surface area contributed by atoms with Crippen LogP contribution in [0, 0.1) is 0 Å². The molecule has 1 amide bonds. The van der Waals surface area contributed by atoms with Crippen LogP contribution in [-0.2, 0) is 21.5 Å². The van der Waals surface area contributed by atoms with Gasteiger partial charge in [-0.3, -0.25) is 14.6 Å². The molecule has 0 saturated carbocycles. The molecule has 1 N–H and O–H groups in total. The van der Waals surface area contributed by atoms with Gasteiger partial charge in [0.1, 0.15) is 11.5 Å². The third-order valence-corrected chi connectivity index (χ3v) is 6.07. The fourth-order valence-corrected chi connectivity index (χ4v) is 4.39. The van der Waals surface area contributed by atoms with Gasteiger partial charge in [0.25, 0.3) is 11.7 Å². The maximum atomic E-state index is 13.3. The molecule has 0 radical (unpaired) electrons. The average Bonchev–Trinajstić information content (AvgIpc) is 3.09. The van der Waals surface area contributed by atoms with Crippen LogP contribution in [0.2, 0.25) is 0 Å². The number of carbonyl (C=O) groups is 2. The zero-order valence-corrected chi connectivity index (χ0v) is 20.5. The van der Waals surface area contributed by atoms with Crippen LogP contribution in [0.3, 0.4) is 0 Å². The third-order valence-electron chi connectivity index (χ3n) is 6.07. The zero-order chi connectivity index (χ0) is 25.2. The molecule has 1 aromatic heterocycles. The first-order valence-electron chi connectivity index (χ1n) is 11.7. The Morgan fingerprint density at radius 3 is 2.37 bits per heavy atom. The molecule has 2 heterocycles. The number of ketones is 1. The number of hydrogen-bond acceptors (Lipinski definition) is 5. The highest BCUT2D eigenvalue weighted by molar-refractivity contribution is 6.46. The van der Waals surface area contributed by atoms with Crippen molar-refractivity contribution in [1.82, 2.24) is 9.88 Å². The summed E-state index contributed by atoms with van der Waals surface area (Å²) in [7, 11) is 0. The van der Waals surface area contributed by atoms with Gasteiger partial charge in [-0.05, 0) is 48.2 Å². The lowest BCUT2D eigenvalue weighted by atomic mass is 9.84. The lowest BCUT2D eigenvalue weighted by Gasteiger charge is -2.26. The van der Waals surface area contributed by atoms with Crippen LogP contribution in [0.1, 0.15) is 56.1 Å². The highest BCUT2D eigenvalue weighted by Crippen LogP contribution is 2.41. The maximum Gasteiger partial charge on any atom is 0.296 e. The first-order chi connectivity index (χ1) is 16.7. The number of Topliss-reactive ketones (excluding diaryl/α,β-unsaturated/α-hetero) is 1. The molecule has 2 aromatic carbocycles. The van der Waals surface area contributed by atoms with Crippen LogP contribution in [-0.4, -0.2) is 33.3 Å². The van der Waals surface area contributed by atoms with Crippen molar-refractivity contribution < 1.29 is 19.4 Å². The minimum Gasteiger partial charge on any atom is -0.507 e. The third kappa shape index (κ3) is 4.83. The first kappa shape index (κ1) is 24.2. The van der Waals surface area contributed by atoms with Crippen molar-refractivity contribution in [1.29, 1.82) is 0 Å². The Bertz CT molecular complexity index is 1260. The van der Waals surface area contributed by atoms with E-state index < -0.39 is 17.7 Å². The quantitative estimate of drug-likeness (QED) is 0.296. The summed E-state index contributed by atoms with van der Waals surface area (Å²) in [4.78, 5) is 32.3. The lowest BCUT2D eigenvalue weighted by molar-refractivity contribution is -0.140. The number of likely N-dealkylation sites (tertiary alicyclic amines) is 1. The molecular weight excluding hydrogens is 440 g/mol. The summed E-state index contributed by atoms with van der Waals surface area (Å²) < 4.78 is 5.80. The van der Waals surface area contributed by atoms with Crippen molar-refractivity contribution in [3.8, 4) is 5.75 Å². The number of amides is 1.